The lowest BCUT2D eigenvalue weighted by Gasteiger charge is -2.32. The minimum absolute atomic E-state index is 0.0374. The molecule has 0 bridgehead atoms. The Labute approximate surface area is 208 Å². The minimum Gasteiger partial charge on any atom is -0.459 e. The monoisotopic (exact) mass is 486 g/mol. The van der Waals surface area contributed by atoms with Crippen molar-refractivity contribution in [1.82, 2.24) is 20.0 Å². The second-order valence-corrected chi connectivity index (χ2v) is 9.15. The molecule has 184 valence electrons. The lowest BCUT2D eigenvalue weighted by atomic mass is 10.0. The second-order valence-electron chi connectivity index (χ2n) is 9.15. The predicted molar refractivity (Wildman–Crippen MR) is 134 cm³/mol. The first-order chi connectivity index (χ1) is 17.4. The van der Waals surface area contributed by atoms with E-state index >= 15 is 0 Å². The largest absolute Gasteiger partial charge is 0.459 e. The third-order valence-corrected chi connectivity index (χ3v) is 6.55. The molecule has 2 amide bonds. The summed E-state index contributed by atoms with van der Waals surface area (Å²) in [5.41, 5.74) is 4.46. The zero-order chi connectivity index (χ0) is 25.2. The van der Waals surface area contributed by atoms with E-state index in [2.05, 4.69) is 5.32 Å². The molecule has 8 heteroatoms. The van der Waals surface area contributed by atoms with Gasteiger partial charge in [-0.25, -0.2) is 9.07 Å². The van der Waals surface area contributed by atoms with Crippen molar-refractivity contribution in [3.8, 4) is 16.9 Å². The Bertz CT molecular complexity index is 1380. The van der Waals surface area contributed by atoms with E-state index in [9.17, 15) is 14.0 Å². The molecule has 5 rings (SSSR count). The van der Waals surface area contributed by atoms with Crippen LogP contribution in [0.4, 0.5) is 4.39 Å². The van der Waals surface area contributed by atoms with E-state index in [1.54, 1.807) is 34.0 Å². The Morgan fingerprint density at radius 3 is 2.33 bits per heavy atom. The number of hydrogen-bond donors (Lipinski definition) is 1. The number of aromatic nitrogens is 2. The Morgan fingerprint density at radius 2 is 1.69 bits per heavy atom. The van der Waals surface area contributed by atoms with Crippen molar-refractivity contribution in [2.45, 2.75) is 32.7 Å². The number of benzene rings is 2. The van der Waals surface area contributed by atoms with Crippen LogP contribution in [0.2, 0.25) is 0 Å². The maximum Gasteiger partial charge on any atom is 0.287 e. The van der Waals surface area contributed by atoms with E-state index in [1.807, 2.05) is 38.1 Å². The van der Waals surface area contributed by atoms with Gasteiger partial charge in [-0.05, 0) is 57.0 Å². The van der Waals surface area contributed by atoms with Crippen molar-refractivity contribution < 1.29 is 18.4 Å². The minimum atomic E-state index is -0.335. The van der Waals surface area contributed by atoms with Crippen molar-refractivity contribution in [2.75, 3.05) is 13.1 Å². The number of aryl methyl sites for hydroxylation is 2. The molecule has 0 spiro atoms. The summed E-state index contributed by atoms with van der Waals surface area (Å²) >= 11 is 0. The molecule has 0 aliphatic carbocycles. The van der Waals surface area contributed by atoms with Crippen molar-refractivity contribution in [3.63, 3.8) is 0 Å². The topological polar surface area (TPSA) is 80.4 Å². The average molecular weight is 487 g/mol. The zero-order valence-corrected chi connectivity index (χ0v) is 20.2. The van der Waals surface area contributed by atoms with Crippen LogP contribution in [0.3, 0.4) is 0 Å². The van der Waals surface area contributed by atoms with Gasteiger partial charge in [-0.15, -0.1) is 0 Å². The number of carbonyl (C=O) groups is 2. The molecule has 0 radical (unpaired) electrons. The molecule has 2 aromatic heterocycles. The van der Waals surface area contributed by atoms with E-state index in [-0.39, 0.29) is 23.7 Å². The average Bonchev–Trinajstić information content (AvgIpc) is 3.52. The Hall–Kier alpha value is -4.20. The number of rotatable bonds is 5. The standard InChI is InChI=1S/C28H27FN4O3/c1-18-3-5-20(6-4-18)25-24(17-33(31-25)23-9-7-21(29)8-10-23)28(35)32-14-11-22(12-15-32)30-27(34)26-19(2)13-16-36-26/h3-10,13,16-17,22H,11-12,14-15H2,1-2H3,(H,30,34). The molecule has 7 nitrogen and oxygen atoms in total. The fourth-order valence-electron chi connectivity index (χ4n) is 4.43. The highest BCUT2D eigenvalue weighted by Crippen LogP contribution is 2.27. The van der Waals surface area contributed by atoms with Gasteiger partial charge >= 0.3 is 0 Å². The van der Waals surface area contributed by atoms with Crippen molar-refractivity contribution >= 4 is 11.8 Å². The molecule has 1 fully saturated rings. The maximum atomic E-state index is 13.6. The van der Waals surface area contributed by atoms with Crippen LogP contribution in [-0.2, 0) is 0 Å². The normalized spacial score (nSPS) is 14.1. The summed E-state index contributed by atoms with van der Waals surface area (Å²) in [6, 6.07) is 15.6. The number of halogens is 1. The van der Waals surface area contributed by atoms with Gasteiger partial charge < -0.3 is 14.6 Å². The van der Waals surface area contributed by atoms with Crippen molar-refractivity contribution in [3.05, 3.63) is 95.3 Å². The summed E-state index contributed by atoms with van der Waals surface area (Å²) in [7, 11) is 0. The summed E-state index contributed by atoms with van der Waals surface area (Å²) in [5.74, 6) is -0.363. The van der Waals surface area contributed by atoms with E-state index in [4.69, 9.17) is 9.52 Å². The molecule has 0 unspecified atom stereocenters. The fourth-order valence-corrected chi connectivity index (χ4v) is 4.43. The first-order valence-electron chi connectivity index (χ1n) is 12.0. The molecular formula is C28H27FN4O3. The number of likely N-dealkylation sites (tertiary alicyclic amines) is 1. The third-order valence-electron chi connectivity index (χ3n) is 6.55. The van der Waals surface area contributed by atoms with E-state index in [0.29, 0.717) is 48.6 Å². The first kappa shape index (κ1) is 23.5. The highest BCUT2D eigenvalue weighted by atomic mass is 19.1. The Balaban J connectivity index is 1.35. The van der Waals surface area contributed by atoms with E-state index in [0.717, 1.165) is 16.7 Å². The van der Waals surface area contributed by atoms with Crippen LogP contribution in [0.25, 0.3) is 16.9 Å². The van der Waals surface area contributed by atoms with E-state index in [1.165, 1.54) is 18.4 Å². The highest BCUT2D eigenvalue weighted by Gasteiger charge is 2.29. The van der Waals surface area contributed by atoms with Crippen LogP contribution >= 0.6 is 0 Å². The number of carbonyl (C=O) groups excluding carboxylic acids is 2. The van der Waals surface area contributed by atoms with Gasteiger partial charge in [0, 0.05) is 36.5 Å². The van der Waals surface area contributed by atoms with Gasteiger partial charge in [-0.2, -0.15) is 5.10 Å². The SMILES string of the molecule is Cc1ccc(-c2nn(-c3ccc(F)cc3)cc2C(=O)N2CCC(NC(=O)c3occc3C)CC2)cc1. The quantitative estimate of drug-likeness (QED) is 0.434. The van der Waals surface area contributed by atoms with Crippen LogP contribution in [0, 0.1) is 19.7 Å². The molecule has 0 atom stereocenters. The van der Waals surface area contributed by atoms with Crippen LogP contribution in [0.15, 0.2) is 71.5 Å². The van der Waals surface area contributed by atoms with Gasteiger partial charge in [-0.1, -0.05) is 29.8 Å². The molecule has 4 aromatic rings. The van der Waals surface area contributed by atoms with Gasteiger partial charge in [0.1, 0.15) is 11.5 Å². The summed E-state index contributed by atoms with van der Waals surface area (Å²) in [5, 5.41) is 7.71. The Morgan fingerprint density at radius 1 is 1.00 bits per heavy atom. The number of hydrogen-bond acceptors (Lipinski definition) is 4. The zero-order valence-electron chi connectivity index (χ0n) is 20.2. The fraction of sp³-hybridized carbons (Fsp3) is 0.250. The molecule has 1 aliphatic rings. The number of nitrogens with zero attached hydrogens (tertiary/aromatic N) is 3. The number of amides is 2. The number of nitrogens with one attached hydrogen (secondary N) is 1. The molecule has 1 saturated heterocycles. The smallest absolute Gasteiger partial charge is 0.287 e. The maximum absolute atomic E-state index is 13.6. The first-order valence-corrected chi connectivity index (χ1v) is 12.0. The van der Waals surface area contributed by atoms with Gasteiger partial charge in [0.25, 0.3) is 11.8 Å². The number of piperidine rings is 1. The molecular weight excluding hydrogens is 459 g/mol. The van der Waals surface area contributed by atoms with Crippen LogP contribution in [0.1, 0.15) is 44.9 Å². The molecule has 0 saturated carbocycles. The second kappa shape index (κ2) is 9.81. The summed E-state index contributed by atoms with van der Waals surface area (Å²) in [6.07, 6.45) is 4.49. The van der Waals surface area contributed by atoms with Crippen LogP contribution in [-0.4, -0.2) is 45.6 Å². The predicted octanol–water partition coefficient (Wildman–Crippen LogP) is 4.92. The number of furan rings is 1. The van der Waals surface area contributed by atoms with Gasteiger partial charge in [0.15, 0.2) is 5.76 Å². The van der Waals surface area contributed by atoms with Gasteiger partial charge in [0.05, 0.1) is 17.5 Å². The molecule has 3 heterocycles. The van der Waals surface area contributed by atoms with Crippen LogP contribution in [0.5, 0.6) is 0 Å². The molecule has 36 heavy (non-hydrogen) atoms. The summed E-state index contributed by atoms with van der Waals surface area (Å²) < 4.78 is 20.3. The summed E-state index contributed by atoms with van der Waals surface area (Å²) in [6.45, 7) is 4.85. The Kier molecular flexibility index (Phi) is 6.41. The van der Waals surface area contributed by atoms with Crippen molar-refractivity contribution in [1.29, 1.82) is 0 Å². The molecule has 1 N–H and O–H groups in total. The van der Waals surface area contributed by atoms with Gasteiger partial charge in [-0.3, -0.25) is 9.59 Å². The van der Waals surface area contributed by atoms with Gasteiger partial charge in [0.2, 0.25) is 0 Å². The molecule has 1 aliphatic heterocycles. The lowest BCUT2D eigenvalue weighted by Crippen LogP contribution is -2.46. The third kappa shape index (κ3) is 4.79. The van der Waals surface area contributed by atoms with Crippen molar-refractivity contribution in [2.24, 2.45) is 0 Å². The highest BCUT2D eigenvalue weighted by molar-refractivity contribution is 6.00. The summed E-state index contributed by atoms with van der Waals surface area (Å²) in [4.78, 5) is 27.9. The van der Waals surface area contributed by atoms with E-state index < -0.39 is 0 Å². The lowest BCUT2D eigenvalue weighted by molar-refractivity contribution is 0.0696. The van der Waals surface area contributed by atoms with Crippen LogP contribution < -0.4 is 5.32 Å². The molecule has 2 aromatic carbocycles.